The minimum absolute atomic E-state index is 0.465. The number of rotatable bonds is 3. The van der Waals surface area contributed by atoms with Crippen molar-refractivity contribution in [3.63, 3.8) is 0 Å². The standard InChI is InChI=1S/C8H12BrNO2/c1-8(11,5-10-2)6-3-4-7(9)12-6/h3-4,10-11H,5H2,1-2H3. The quantitative estimate of drug-likeness (QED) is 0.832. The van der Waals surface area contributed by atoms with Crippen molar-refractivity contribution in [3.8, 4) is 0 Å². The van der Waals surface area contributed by atoms with Gasteiger partial charge < -0.3 is 14.8 Å². The van der Waals surface area contributed by atoms with Gasteiger partial charge in [0.15, 0.2) is 4.67 Å². The normalized spacial score (nSPS) is 16.0. The van der Waals surface area contributed by atoms with E-state index in [0.29, 0.717) is 17.0 Å². The predicted molar refractivity (Wildman–Crippen MR) is 49.9 cm³/mol. The first-order chi connectivity index (χ1) is 5.56. The average Bonchev–Trinajstić information content (AvgIpc) is 2.36. The molecule has 0 aliphatic heterocycles. The molecule has 2 N–H and O–H groups in total. The van der Waals surface area contributed by atoms with Gasteiger partial charge in [-0.1, -0.05) is 0 Å². The van der Waals surface area contributed by atoms with Crippen LogP contribution in [0.1, 0.15) is 12.7 Å². The van der Waals surface area contributed by atoms with Crippen LogP contribution in [0.15, 0.2) is 21.2 Å². The third kappa shape index (κ3) is 2.09. The maximum Gasteiger partial charge on any atom is 0.169 e. The van der Waals surface area contributed by atoms with Gasteiger partial charge in [-0.25, -0.2) is 0 Å². The molecule has 68 valence electrons. The molecule has 1 heterocycles. The molecule has 1 rings (SSSR count). The van der Waals surface area contributed by atoms with E-state index in [-0.39, 0.29) is 0 Å². The maximum atomic E-state index is 9.82. The highest BCUT2D eigenvalue weighted by Crippen LogP contribution is 2.24. The first-order valence-corrected chi connectivity index (χ1v) is 4.48. The number of aliphatic hydroxyl groups is 1. The van der Waals surface area contributed by atoms with E-state index >= 15 is 0 Å². The Morgan fingerprint density at radius 1 is 1.67 bits per heavy atom. The fourth-order valence-corrected chi connectivity index (χ4v) is 1.34. The summed E-state index contributed by atoms with van der Waals surface area (Å²) >= 11 is 3.18. The maximum absolute atomic E-state index is 9.82. The van der Waals surface area contributed by atoms with E-state index in [4.69, 9.17) is 4.42 Å². The van der Waals surface area contributed by atoms with Gasteiger partial charge >= 0.3 is 0 Å². The molecular weight excluding hydrogens is 222 g/mol. The van der Waals surface area contributed by atoms with E-state index in [1.807, 2.05) is 0 Å². The van der Waals surface area contributed by atoms with Gasteiger partial charge in [0.1, 0.15) is 11.4 Å². The lowest BCUT2D eigenvalue weighted by atomic mass is 10.0. The largest absolute Gasteiger partial charge is 0.451 e. The van der Waals surface area contributed by atoms with Gasteiger partial charge in [-0.3, -0.25) is 0 Å². The molecule has 1 aromatic heterocycles. The first kappa shape index (κ1) is 9.77. The van der Waals surface area contributed by atoms with Crippen molar-refractivity contribution in [1.29, 1.82) is 0 Å². The van der Waals surface area contributed by atoms with Crippen LogP contribution in [0.5, 0.6) is 0 Å². The fourth-order valence-electron chi connectivity index (χ4n) is 1.04. The van der Waals surface area contributed by atoms with Gasteiger partial charge in [-0.2, -0.15) is 0 Å². The second-order valence-electron chi connectivity index (χ2n) is 2.91. The van der Waals surface area contributed by atoms with Gasteiger partial charge in [0, 0.05) is 6.54 Å². The Labute approximate surface area is 79.9 Å². The molecule has 0 amide bonds. The molecule has 4 heteroatoms. The average molecular weight is 234 g/mol. The molecule has 1 atom stereocenters. The molecule has 0 spiro atoms. The monoisotopic (exact) mass is 233 g/mol. The summed E-state index contributed by atoms with van der Waals surface area (Å²) < 4.78 is 5.86. The number of hydrogen-bond donors (Lipinski definition) is 2. The molecule has 0 aromatic carbocycles. The van der Waals surface area contributed by atoms with E-state index in [1.54, 1.807) is 26.1 Å². The minimum atomic E-state index is -0.944. The summed E-state index contributed by atoms with van der Waals surface area (Å²) in [6.45, 7) is 2.17. The molecule has 0 fully saturated rings. The molecular formula is C8H12BrNO2. The smallest absolute Gasteiger partial charge is 0.169 e. The Kier molecular flexibility index (Phi) is 2.93. The summed E-state index contributed by atoms with van der Waals surface area (Å²) in [5.74, 6) is 0.559. The van der Waals surface area contributed by atoms with Crippen molar-refractivity contribution in [3.05, 3.63) is 22.6 Å². The Morgan fingerprint density at radius 2 is 2.33 bits per heavy atom. The number of furan rings is 1. The zero-order valence-electron chi connectivity index (χ0n) is 7.10. The van der Waals surface area contributed by atoms with Crippen molar-refractivity contribution in [1.82, 2.24) is 5.32 Å². The van der Waals surface area contributed by atoms with E-state index in [9.17, 15) is 5.11 Å². The lowest BCUT2D eigenvalue weighted by Gasteiger charge is -2.19. The van der Waals surface area contributed by atoms with Crippen LogP contribution in [-0.4, -0.2) is 18.7 Å². The number of nitrogens with one attached hydrogen (secondary N) is 1. The zero-order chi connectivity index (χ0) is 9.19. The second kappa shape index (κ2) is 3.60. The summed E-state index contributed by atoms with van der Waals surface area (Å²) in [5.41, 5.74) is -0.944. The third-order valence-corrected chi connectivity index (χ3v) is 2.05. The van der Waals surface area contributed by atoms with Crippen molar-refractivity contribution < 1.29 is 9.52 Å². The lowest BCUT2D eigenvalue weighted by Crippen LogP contribution is -2.32. The molecule has 0 radical (unpaired) electrons. The van der Waals surface area contributed by atoms with E-state index < -0.39 is 5.60 Å². The van der Waals surface area contributed by atoms with E-state index in [0.717, 1.165) is 0 Å². The Hall–Kier alpha value is -0.320. The molecule has 0 aliphatic carbocycles. The van der Waals surface area contributed by atoms with Gasteiger partial charge in [-0.05, 0) is 42.0 Å². The lowest BCUT2D eigenvalue weighted by molar-refractivity contribution is 0.0354. The topological polar surface area (TPSA) is 45.4 Å². The van der Waals surface area contributed by atoms with E-state index in [2.05, 4.69) is 21.2 Å². The van der Waals surface area contributed by atoms with Crippen molar-refractivity contribution >= 4 is 15.9 Å². The summed E-state index contributed by atoms with van der Waals surface area (Å²) in [6.07, 6.45) is 0. The SMILES string of the molecule is CNCC(C)(O)c1ccc(Br)o1. The molecule has 1 unspecified atom stereocenters. The van der Waals surface area contributed by atoms with Crippen LogP contribution in [0.25, 0.3) is 0 Å². The fraction of sp³-hybridized carbons (Fsp3) is 0.500. The van der Waals surface area contributed by atoms with Crippen LogP contribution in [0.3, 0.4) is 0 Å². The first-order valence-electron chi connectivity index (χ1n) is 3.69. The molecule has 0 saturated heterocycles. The number of hydrogen-bond acceptors (Lipinski definition) is 3. The minimum Gasteiger partial charge on any atom is -0.451 e. The third-order valence-electron chi connectivity index (χ3n) is 1.63. The van der Waals surface area contributed by atoms with Crippen LogP contribution in [0, 0.1) is 0 Å². The Bertz CT molecular complexity index is 257. The Morgan fingerprint density at radius 3 is 2.75 bits per heavy atom. The van der Waals surface area contributed by atoms with Gasteiger partial charge in [0.2, 0.25) is 0 Å². The van der Waals surface area contributed by atoms with Crippen molar-refractivity contribution in [2.45, 2.75) is 12.5 Å². The molecule has 0 aliphatic rings. The van der Waals surface area contributed by atoms with Crippen molar-refractivity contribution in [2.75, 3.05) is 13.6 Å². The van der Waals surface area contributed by atoms with Gasteiger partial charge in [0.25, 0.3) is 0 Å². The molecule has 3 nitrogen and oxygen atoms in total. The van der Waals surface area contributed by atoms with Gasteiger partial charge in [0.05, 0.1) is 0 Å². The van der Waals surface area contributed by atoms with Crippen LogP contribution in [0.2, 0.25) is 0 Å². The van der Waals surface area contributed by atoms with Gasteiger partial charge in [-0.15, -0.1) is 0 Å². The molecule has 12 heavy (non-hydrogen) atoms. The highest BCUT2D eigenvalue weighted by atomic mass is 79.9. The molecule has 0 saturated carbocycles. The number of likely N-dealkylation sites (N-methyl/N-ethyl adjacent to an activating group) is 1. The Balaban J connectivity index is 2.81. The molecule has 0 bridgehead atoms. The zero-order valence-corrected chi connectivity index (χ0v) is 8.68. The highest BCUT2D eigenvalue weighted by molar-refractivity contribution is 9.10. The van der Waals surface area contributed by atoms with Crippen molar-refractivity contribution in [2.24, 2.45) is 0 Å². The van der Waals surface area contributed by atoms with Crippen LogP contribution < -0.4 is 5.32 Å². The number of halogens is 1. The second-order valence-corrected chi connectivity index (χ2v) is 3.69. The van der Waals surface area contributed by atoms with Crippen LogP contribution in [0.4, 0.5) is 0 Å². The summed E-state index contributed by atoms with van der Waals surface area (Å²) in [5, 5.41) is 12.7. The highest BCUT2D eigenvalue weighted by Gasteiger charge is 2.25. The van der Waals surface area contributed by atoms with Crippen LogP contribution >= 0.6 is 15.9 Å². The summed E-state index contributed by atoms with van der Waals surface area (Å²) in [6, 6.07) is 3.51. The van der Waals surface area contributed by atoms with E-state index in [1.165, 1.54) is 0 Å². The van der Waals surface area contributed by atoms with Crippen LogP contribution in [-0.2, 0) is 5.60 Å². The summed E-state index contributed by atoms with van der Waals surface area (Å²) in [7, 11) is 1.78. The summed E-state index contributed by atoms with van der Waals surface area (Å²) in [4.78, 5) is 0. The predicted octanol–water partition coefficient (Wildman–Crippen LogP) is 1.47. The molecule has 1 aromatic rings.